The maximum Gasteiger partial charge on any atom is 0.252 e. The molecule has 0 fully saturated rings. The topological polar surface area (TPSA) is 129 Å². The molecule has 2 heterocycles. The van der Waals surface area contributed by atoms with Gasteiger partial charge in [-0.25, -0.2) is 4.98 Å². The van der Waals surface area contributed by atoms with Crippen molar-refractivity contribution >= 4 is 58.9 Å². The Morgan fingerprint density at radius 1 is 1.28 bits per heavy atom. The lowest BCUT2D eigenvalue weighted by Crippen LogP contribution is -2.29. The van der Waals surface area contributed by atoms with E-state index in [0.717, 1.165) is 6.42 Å². The predicted octanol–water partition coefficient (Wildman–Crippen LogP) is 2.59. The summed E-state index contributed by atoms with van der Waals surface area (Å²) in [5, 5.41) is 19.0. The van der Waals surface area contributed by atoms with Crippen molar-refractivity contribution in [3.05, 3.63) is 35.1 Å². The minimum Gasteiger partial charge on any atom is -0.394 e. The smallest absolute Gasteiger partial charge is 0.252 e. The minimum atomic E-state index is -0.266. The number of anilines is 3. The number of thiol groups is 1. The first-order chi connectivity index (χ1) is 15.5. The summed E-state index contributed by atoms with van der Waals surface area (Å²) in [5.41, 5.74) is 2.29. The molecule has 0 saturated heterocycles. The van der Waals surface area contributed by atoms with Gasteiger partial charge in [-0.1, -0.05) is 31.3 Å². The highest BCUT2D eigenvalue weighted by atomic mass is 35.5. The molecular weight excluding hydrogens is 452 g/mol. The van der Waals surface area contributed by atoms with E-state index in [9.17, 15) is 9.90 Å². The number of fused-ring (bicyclic) bond motifs is 1. The van der Waals surface area contributed by atoms with Crippen molar-refractivity contribution in [3.8, 4) is 0 Å². The Bertz CT molecular complexity index is 1070. The van der Waals surface area contributed by atoms with Crippen LogP contribution in [0.25, 0.3) is 11.2 Å². The molecule has 0 radical (unpaired) electrons. The van der Waals surface area contributed by atoms with Crippen LogP contribution >= 0.6 is 24.4 Å². The van der Waals surface area contributed by atoms with Gasteiger partial charge in [-0.2, -0.15) is 9.97 Å². The van der Waals surface area contributed by atoms with Gasteiger partial charge in [0.15, 0.2) is 17.0 Å². The van der Waals surface area contributed by atoms with Crippen LogP contribution < -0.4 is 20.7 Å². The van der Waals surface area contributed by atoms with E-state index in [-0.39, 0.29) is 18.6 Å². The van der Waals surface area contributed by atoms with E-state index < -0.39 is 0 Å². The molecule has 1 aromatic carbocycles. The number of aromatic nitrogens is 4. The van der Waals surface area contributed by atoms with Gasteiger partial charge in [0.25, 0.3) is 5.91 Å². The molecule has 0 bridgehead atoms. The fourth-order valence-electron chi connectivity index (χ4n) is 3.03. The average molecular weight is 479 g/mol. The van der Waals surface area contributed by atoms with Gasteiger partial charge in [-0.15, -0.1) is 0 Å². The number of hydrogen-bond acceptors (Lipinski definition) is 9. The Balaban J connectivity index is 1.89. The van der Waals surface area contributed by atoms with Gasteiger partial charge in [0.2, 0.25) is 5.95 Å². The number of aryl methyl sites for hydroxylation is 1. The molecule has 0 aliphatic heterocycles. The van der Waals surface area contributed by atoms with Crippen molar-refractivity contribution in [2.24, 2.45) is 0 Å². The van der Waals surface area contributed by atoms with E-state index in [0.29, 0.717) is 58.8 Å². The molecule has 1 amide bonds. The third-order valence-electron chi connectivity index (χ3n) is 4.85. The molecule has 0 aliphatic rings. The first-order valence-electron chi connectivity index (χ1n) is 10.3. The van der Waals surface area contributed by atoms with Crippen molar-refractivity contribution < 1.29 is 9.90 Å². The highest BCUT2D eigenvalue weighted by Crippen LogP contribution is 2.27. The van der Waals surface area contributed by atoms with Crippen LogP contribution in [-0.4, -0.2) is 56.3 Å². The zero-order valence-electron chi connectivity index (χ0n) is 17.9. The SMILES string of the molecule is CCC(CO)Nc1nc(Nc2ccc(C(=O)NCCNS)c(Cl)c2)c2ncn(CC)c2n1. The van der Waals surface area contributed by atoms with Gasteiger partial charge in [-0.3, -0.25) is 9.52 Å². The number of imidazole rings is 1. The second-order valence-corrected chi connectivity index (χ2v) is 7.74. The summed E-state index contributed by atoms with van der Waals surface area (Å²) in [4.78, 5) is 25.9. The molecule has 2 aromatic heterocycles. The van der Waals surface area contributed by atoms with Crippen LogP contribution in [-0.2, 0) is 6.54 Å². The Kier molecular flexibility index (Phi) is 8.51. The fraction of sp³-hybridized carbons (Fsp3) is 0.400. The Morgan fingerprint density at radius 3 is 2.75 bits per heavy atom. The normalized spacial score (nSPS) is 12.0. The second-order valence-electron chi connectivity index (χ2n) is 7.01. The van der Waals surface area contributed by atoms with Gasteiger partial charge in [0.1, 0.15) is 0 Å². The zero-order valence-corrected chi connectivity index (χ0v) is 19.5. The number of rotatable bonds is 11. The first-order valence-corrected chi connectivity index (χ1v) is 11.1. The Morgan fingerprint density at radius 2 is 2.09 bits per heavy atom. The summed E-state index contributed by atoms with van der Waals surface area (Å²) < 4.78 is 4.58. The van der Waals surface area contributed by atoms with Crippen LogP contribution in [0.4, 0.5) is 17.5 Å². The van der Waals surface area contributed by atoms with Crippen LogP contribution in [0.3, 0.4) is 0 Å². The lowest BCUT2D eigenvalue weighted by Gasteiger charge is -2.16. The molecule has 1 atom stereocenters. The number of aliphatic hydroxyl groups is 1. The van der Waals surface area contributed by atoms with E-state index >= 15 is 0 Å². The zero-order chi connectivity index (χ0) is 23.1. The average Bonchev–Trinajstić information content (AvgIpc) is 3.21. The molecule has 5 N–H and O–H groups in total. The van der Waals surface area contributed by atoms with Crippen molar-refractivity contribution in [2.45, 2.75) is 32.9 Å². The summed E-state index contributed by atoms with van der Waals surface area (Å²) in [5.74, 6) is 0.610. The quantitative estimate of drug-likeness (QED) is 0.183. The molecule has 1 unspecified atom stereocenters. The summed E-state index contributed by atoms with van der Waals surface area (Å²) >= 11 is 10.3. The highest BCUT2D eigenvalue weighted by Gasteiger charge is 2.16. The lowest BCUT2D eigenvalue weighted by atomic mass is 10.2. The Labute approximate surface area is 196 Å². The highest BCUT2D eigenvalue weighted by molar-refractivity contribution is 7.78. The van der Waals surface area contributed by atoms with Crippen LogP contribution in [0.1, 0.15) is 30.6 Å². The third-order valence-corrected chi connectivity index (χ3v) is 5.39. The summed E-state index contributed by atoms with van der Waals surface area (Å²) in [6.07, 6.45) is 2.43. The molecule has 3 rings (SSSR count). The monoisotopic (exact) mass is 478 g/mol. The molecule has 172 valence electrons. The number of hydrogen-bond donors (Lipinski definition) is 6. The third kappa shape index (κ3) is 5.60. The second kappa shape index (κ2) is 11.3. The van der Waals surface area contributed by atoms with E-state index in [4.69, 9.17) is 11.6 Å². The van der Waals surface area contributed by atoms with Gasteiger partial charge in [0.05, 0.1) is 29.6 Å². The maximum atomic E-state index is 12.3. The van der Waals surface area contributed by atoms with Crippen LogP contribution in [0.2, 0.25) is 5.02 Å². The molecule has 10 nitrogen and oxygen atoms in total. The predicted molar refractivity (Wildman–Crippen MR) is 130 cm³/mol. The molecule has 0 aliphatic carbocycles. The van der Waals surface area contributed by atoms with Crippen molar-refractivity contribution in [3.63, 3.8) is 0 Å². The van der Waals surface area contributed by atoms with Gasteiger partial charge >= 0.3 is 0 Å². The number of halogens is 1. The van der Waals surface area contributed by atoms with E-state index in [2.05, 4.69) is 48.4 Å². The molecule has 0 spiro atoms. The number of nitrogens with zero attached hydrogens (tertiary/aromatic N) is 4. The lowest BCUT2D eigenvalue weighted by molar-refractivity contribution is 0.0954. The van der Waals surface area contributed by atoms with Crippen molar-refractivity contribution in [2.75, 3.05) is 30.3 Å². The van der Waals surface area contributed by atoms with E-state index in [1.54, 1.807) is 24.5 Å². The number of carbonyl (C=O) groups excluding carboxylic acids is 1. The standard InChI is InChI=1S/C20H27ClN8O2S/c1-3-12(10-30)26-20-27-17(16-18(28-20)29(4-2)11-23-16)25-13-5-6-14(15(21)9-13)19(31)22-7-8-24-32/h5-6,9,11-12,24,30,32H,3-4,7-8,10H2,1-2H3,(H,22,31)(H2,25,26,27,28). The van der Waals surface area contributed by atoms with Crippen LogP contribution in [0, 0.1) is 0 Å². The number of amides is 1. The van der Waals surface area contributed by atoms with E-state index in [1.165, 1.54) is 0 Å². The van der Waals surface area contributed by atoms with Crippen LogP contribution in [0.15, 0.2) is 24.5 Å². The minimum absolute atomic E-state index is 0.0309. The van der Waals surface area contributed by atoms with Crippen molar-refractivity contribution in [1.82, 2.24) is 29.6 Å². The summed E-state index contributed by atoms with van der Waals surface area (Å²) in [6.45, 7) is 5.60. The summed E-state index contributed by atoms with van der Waals surface area (Å²) in [7, 11) is 0. The molecule has 3 aromatic rings. The van der Waals surface area contributed by atoms with Gasteiger partial charge < -0.3 is 25.6 Å². The number of nitrogens with one attached hydrogen (secondary N) is 4. The molecule has 32 heavy (non-hydrogen) atoms. The Hall–Kier alpha value is -2.60. The van der Waals surface area contributed by atoms with Crippen molar-refractivity contribution in [1.29, 1.82) is 0 Å². The number of carbonyl (C=O) groups is 1. The molecule has 12 heteroatoms. The summed E-state index contributed by atoms with van der Waals surface area (Å²) in [6, 6.07) is 4.89. The largest absolute Gasteiger partial charge is 0.394 e. The molecular formula is C20H27ClN8O2S. The van der Waals surface area contributed by atoms with Crippen LogP contribution in [0.5, 0.6) is 0 Å². The first kappa shape index (κ1) is 24.1. The van der Waals surface area contributed by atoms with Gasteiger partial charge in [-0.05, 0) is 31.5 Å². The van der Waals surface area contributed by atoms with E-state index in [1.807, 2.05) is 18.4 Å². The molecule has 0 saturated carbocycles. The maximum absolute atomic E-state index is 12.3. The van der Waals surface area contributed by atoms with Gasteiger partial charge in [0, 0.05) is 25.3 Å². The number of aliphatic hydroxyl groups excluding tert-OH is 1. The fourth-order valence-corrected chi connectivity index (χ4v) is 3.41. The number of benzene rings is 1.